The Morgan fingerprint density at radius 2 is 2.47 bits per heavy atom. The molecule has 2 atom stereocenters. The van der Waals surface area contributed by atoms with Gasteiger partial charge in [-0.2, -0.15) is 5.10 Å². The molecule has 0 saturated carbocycles. The highest BCUT2D eigenvalue weighted by Crippen LogP contribution is 2.18. The number of anilines is 1. The van der Waals surface area contributed by atoms with Gasteiger partial charge in [0.1, 0.15) is 5.82 Å². The van der Waals surface area contributed by atoms with Gasteiger partial charge >= 0.3 is 0 Å². The number of carbonyl (C=O) groups excluding carboxylic acids is 1. The fraction of sp³-hybridized carbons (Fsp3) is 0.600. The van der Waals surface area contributed by atoms with Crippen molar-refractivity contribution < 1.29 is 4.79 Å². The van der Waals surface area contributed by atoms with E-state index in [-0.39, 0.29) is 17.9 Å². The van der Waals surface area contributed by atoms with E-state index in [1.807, 2.05) is 13.8 Å². The number of H-pyrrole nitrogens is 1. The second-order valence-corrected chi connectivity index (χ2v) is 4.06. The maximum atomic E-state index is 11.9. The van der Waals surface area contributed by atoms with Gasteiger partial charge in [-0.3, -0.25) is 9.89 Å². The zero-order chi connectivity index (χ0) is 10.8. The standard InChI is InChI=1S/C10H16N4O/c1-6-5-12-14-9(6)13-10(15)8-3-4-11-7(8)2/h5,7-8,11H,3-4H2,1-2H3,(H2,12,13,14,15). The van der Waals surface area contributed by atoms with Gasteiger partial charge in [0.05, 0.1) is 12.1 Å². The van der Waals surface area contributed by atoms with Crippen LogP contribution in [-0.2, 0) is 4.79 Å². The molecule has 5 nitrogen and oxygen atoms in total. The largest absolute Gasteiger partial charge is 0.313 e. The molecule has 0 radical (unpaired) electrons. The van der Waals surface area contributed by atoms with E-state index in [0.717, 1.165) is 18.5 Å². The normalized spacial score (nSPS) is 25.5. The minimum absolute atomic E-state index is 0.0627. The summed E-state index contributed by atoms with van der Waals surface area (Å²) in [6.07, 6.45) is 2.60. The highest BCUT2D eigenvalue weighted by Gasteiger charge is 2.29. The fourth-order valence-electron chi connectivity index (χ4n) is 1.91. The van der Waals surface area contributed by atoms with Gasteiger partial charge < -0.3 is 10.6 Å². The highest BCUT2D eigenvalue weighted by molar-refractivity contribution is 5.92. The predicted molar refractivity (Wildman–Crippen MR) is 57.5 cm³/mol. The molecule has 1 aliphatic heterocycles. The van der Waals surface area contributed by atoms with Crippen LogP contribution in [0.4, 0.5) is 5.82 Å². The Morgan fingerprint density at radius 1 is 1.67 bits per heavy atom. The van der Waals surface area contributed by atoms with Crippen molar-refractivity contribution in [1.29, 1.82) is 0 Å². The van der Waals surface area contributed by atoms with Crippen molar-refractivity contribution in [3.05, 3.63) is 11.8 Å². The van der Waals surface area contributed by atoms with Crippen LogP contribution in [0.3, 0.4) is 0 Å². The molecule has 1 aromatic heterocycles. The average molecular weight is 208 g/mol. The Labute approximate surface area is 88.6 Å². The van der Waals surface area contributed by atoms with Gasteiger partial charge in [0, 0.05) is 11.6 Å². The van der Waals surface area contributed by atoms with Crippen LogP contribution in [0.1, 0.15) is 18.9 Å². The Bertz CT molecular complexity index is 360. The van der Waals surface area contributed by atoms with E-state index in [1.165, 1.54) is 0 Å². The molecule has 2 heterocycles. The quantitative estimate of drug-likeness (QED) is 0.668. The molecule has 0 aromatic carbocycles. The lowest BCUT2D eigenvalue weighted by atomic mass is 10.0. The van der Waals surface area contributed by atoms with Crippen LogP contribution in [-0.4, -0.2) is 28.7 Å². The Kier molecular flexibility index (Phi) is 2.73. The van der Waals surface area contributed by atoms with Crippen LogP contribution in [0, 0.1) is 12.8 Å². The van der Waals surface area contributed by atoms with Crippen LogP contribution in [0.5, 0.6) is 0 Å². The maximum Gasteiger partial charge on any atom is 0.230 e. The Morgan fingerprint density at radius 3 is 3.00 bits per heavy atom. The van der Waals surface area contributed by atoms with Crippen molar-refractivity contribution in [2.24, 2.45) is 5.92 Å². The summed E-state index contributed by atoms with van der Waals surface area (Å²) in [6, 6.07) is 0.258. The molecule has 1 saturated heterocycles. The minimum atomic E-state index is 0.0627. The lowest BCUT2D eigenvalue weighted by Gasteiger charge is -2.14. The third kappa shape index (κ3) is 2.02. The summed E-state index contributed by atoms with van der Waals surface area (Å²) in [7, 11) is 0. The topological polar surface area (TPSA) is 69.8 Å². The van der Waals surface area contributed by atoms with Crippen molar-refractivity contribution in [3.63, 3.8) is 0 Å². The molecule has 1 aliphatic rings. The van der Waals surface area contributed by atoms with Crippen LogP contribution in [0.2, 0.25) is 0 Å². The molecule has 15 heavy (non-hydrogen) atoms. The molecule has 0 bridgehead atoms. The number of nitrogens with one attached hydrogen (secondary N) is 3. The third-order valence-corrected chi connectivity index (χ3v) is 2.94. The van der Waals surface area contributed by atoms with E-state index in [4.69, 9.17) is 0 Å². The minimum Gasteiger partial charge on any atom is -0.313 e. The van der Waals surface area contributed by atoms with E-state index < -0.39 is 0 Å². The molecule has 0 aliphatic carbocycles. The van der Waals surface area contributed by atoms with E-state index in [1.54, 1.807) is 6.20 Å². The van der Waals surface area contributed by atoms with Crippen molar-refractivity contribution >= 4 is 11.7 Å². The number of hydrogen-bond donors (Lipinski definition) is 3. The summed E-state index contributed by atoms with van der Waals surface area (Å²) in [5.41, 5.74) is 0.960. The van der Waals surface area contributed by atoms with Crippen molar-refractivity contribution in [1.82, 2.24) is 15.5 Å². The van der Waals surface area contributed by atoms with Gasteiger partial charge in [-0.25, -0.2) is 0 Å². The van der Waals surface area contributed by atoms with Gasteiger partial charge in [-0.15, -0.1) is 0 Å². The molecule has 82 valence electrons. The second-order valence-electron chi connectivity index (χ2n) is 4.06. The molecule has 2 unspecified atom stereocenters. The first-order chi connectivity index (χ1) is 7.18. The molecule has 1 fully saturated rings. The monoisotopic (exact) mass is 208 g/mol. The summed E-state index contributed by atoms with van der Waals surface area (Å²) >= 11 is 0. The third-order valence-electron chi connectivity index (χ3n) is 2.94. The molecule has 1 amide bonds. The number of nitrogens with zero attached hydrogens (tertiary/aromatic N) is 1. The number of aromatic amines is 1. The van der Waals surface area contributed by atoms with Crippen LogP contribution in [0.25, 0.3) is 0 Å². The Hall–Kier alpha value is -1.36. The SMILES string of the molecule is Cc1cn[nH]c1NC(=O)C1CCNC1C. The van der Waals surface area contributed by atoms with Gasteiger partial charge in [-0.05, 0) is 26.8 Å². The van der Waals surface area contributed by atoms with Crippen molar-refractivity contribution in [2.75, 3.05) is 11.9 Å². The van der Waals surface area contributed by atoms with E-state index >= 15 is 0 Å². The van der Waals surface area contributed by atoms with Gasteiger partial charge in [0.2, 0.25) is 5.91 Å². The summed E-state index contributed by atoms with van der Waals surface area (Å²) < 4.78 is 0. The smallest absolute Gasteiger partial charge is 0.230 e. The number of aryl methyl sites for hydroxylation is 1. The highest BCUT2D eigenvalue weighted by atomic mass is 16.2. The van der Waals surface area contributed by atoms with Crippen LogP contribution >= 0.6 is 0 Å². The second kappa shape index (κ2) is 4.02. The summed E-state index contributed by atoms with van der Waals surface area (Å²) in [4.78, 5) is 11.9. The summed E-state index contributed by atoms with van der Waals surface area (Å²) in [5.74, 6) is 0.839. The number of aromatic nitrogens is 2. The first-order valence-electron chi connectivity index (χ1n) is 5.22. The lowest BCUT2D eigenvalue weighted by molar-refractivity contribution is -0.120. The maximum absolute atomic E-state index is 11.9. The van der Waals surface area contributed by atoms with E-state index in [2.05, 4.69) is 20.8 Å². The lowest BCUT2D eigenvalue weighted by Crippen LogP contribution is -2.32. The summed E-state index contributed by atoms with van der Waals surface area (Å²) in [6.45, 7) is 4.87. The Balaban J connectivity index is 2.01. The van der Waals surface area contributed by atoms with Crippen molar-refractivity contribution in [2.45, 2.75) is 26.3 Å². The fourth-order valence-corrected chi connectivity index (χ4v) is 1.91. The zero-order valence-electron chi connectivity index (χ0n) is 9.00. The zero-order valence-corrected chi connectivity index (χ0v) is 9.00. The number of rotatable bonds is 2. The molecular formula is C10H16N4O. The molecule has 2 rings (SSSR count). The average Bonchev–Trinajstić information content (AvgIpc) is 2.76. The molecule has 1 aromatic rings. The van der Waals surface area contributed by atoms with Crippen LogP contribution < -0.4 is 10.6 Å². The molecular weight excluding hydrogens is 192 g/mol. The van der Waals surface area contributed by atoms with Gasteiger partial charge in [-0.1, -0.05) is 0 Å². The van der Waals surface area contributed by atoms with Crippen LogP contribution in [0.15, 0.2) is 6.20 Å². The van der Waals surface area contributed by atoms with Gasteiger partial charge in [0.25, 0.3) is 0 Å². The van der Waals surface area contributed by atoms with E-state index in [0.29, 0.717) is 5.82 Å². The number of hydrogen-bond acceptors (Lipinski definition) is 3. The van der Waals surface area contributed by atoms with Gasteiger partial charge in [0.15, 0.2) is 0 Å². The molecule has 5 heteroatoms. The predicted octanol–water partition coefficient (Wildman–Crippen LogP) is 0.655. The number of carbonyl (C=O) groups is 1. The van der Waals surface area contributed by atoms with Crippen molar-refractivity contribution in [3.8, 4) is 0 Å². The van der Waals surface area contributed by atoms with E-state index in [9.17, 15) is 4.79 Å². The molecule has 0 spiro atoms. The summed E-state index contributed by atoms with van der Waals surface area (Å²) in [5, 5.41) is 12.8. The first kappa shape index (κ1) is 10.2. The number of amides is 1. The first-order valence-corrected chi connectivity index (χ1v) is 5.22. The molecule has 3 N–H and O–H groups in total.